The maximum atomic E-state index is 11.8. The minimum atomic E-state index is -0.582. The quantitative estimate of drug-likeness (QED) is 0.711. The Bertz CT molecular complexity index is 420. The summed E-state index contributed by atoms with van der Waals surface area (Å²) < 4.78 is 10.5. The molecule has 1 aromatic carbocycles. The highest BCUT2D eigenvalue weighted by Crippen LogP contribution is 2.19. The summed E-state index contributed by atoms with van der Waals surface area (Å²) in [6, 6.07) is 7.10. The molecule has 20 heavy (non-hydrogen) atoms. The molecule has 5 heteroatoms. The molecule has 2 atom stereocenters. The van der Waals surface area contributed by atoms with Gasteiger partial charge in [0.2, 0.25) is 0 Å². The maximum absolute atomic E-state index is 11.8. The lowest BCUT2D eigenvalue weighted by atomic mass is 10.1. The van der Waals surface area contributed by atoms with Gasteiger partial charge in [-0.3, -0.25) is 4.79 Å². The standard InChI is InChI=1S/C15H23NO4/c1-11(17)13-6-4-7-14(10-13)20-12(2)15(18)16-8-5-9-19-3/h4,6-7,10-12,17H,5,8-9H2,1-3H3,(H,16,18). The molecule has 0 saturated carbocycles. The molecule has 0 aliphatic carbocycles. The van der Waals surface area contributed by atoms with Crippen LogP contribution in [-0.2, 0) is 9.53 Å². The number of carbonyl (C=O) groups excluding carboxylic acids is 1. The fourth-order valence-corrected chi connectivity index (χ4v) is 1.68. The van der Waals surface area contributed by atoms with Crippen molar-refractivity contribution in [2.24, 2.45) is 0 Å². The van der Waals surface area contributed by atoms with E-state index < -0.39 is 12.2 Å². The molecule has 0 fully saturated rings. The summed E-state index contributed by atoms with van der Waals surface area (Å²) in [6.07, 6.45) is -0.370. The summed E-state index contributed by atoms with van der Waals surface area (Å²) in [6.45, 7) is 4.56. The second kappa shape index (κ2) is 8.55. The highest BCUT2D eigenvalue weighted by atomic mass is 16.5. The average molecular weight is 281 g/mol. The molecule has 0 bridgehead atoms. The number of benzene rings is 1. The van der Waals surface area contributed by atoms with Crippen molar-refractivity contribution in [3.05, 3.63) is 29.8 Å². The smallest absolute Gasteiger partial charge is 0.260 e. The zero-order valence-electron chi connectivity index (χ0n) is 12.3. The van der Waals surface area contributed by atoms with Crippen molar-refractivity contribution in [2.45, 2.75) is 32.5 Å². The molecule has 0 spiro atoms. The van der Waals surface area contributed by atoms with Gasteiger partial charge in [0.1, 0.15) is 5.75 Å². The second-order valence-corrected chi connectivity index (χ2v) is 4.65. The van der Waals surface area contributed by atoms with Crippen LogP contribution in [0.5, 0.6) is 5.75 Å². The second-order valence-electron chi connectivity index (χ2n) is 4.65. The van der Waals surface area contributed by atoms with Crippen LogP contribution in [0.1, 0.15) is 31.9 Å². The van der Waals surface area contributed by atoms with Gasteiger partial charge >= 0.3 is 0 Å². The van der Waals surface area contributed by atoms with Gasteiger partial charge in [-0.2, -0.15) is 0 Å². The molecule has 2 unspecified atom stereocenters. The SMILES string of the molecule is COCCCNC(=O)C(C)Oc1cccc(C(C)O)c1. The van der Waals surface area contributed by atoms with Crippen molar-refractivity contribution in [1.82, 2.24) is 5.32 Å². The van der Waals surface area contributed by atoms with Gasteiger partial charge in [0.15, 0.2) is 6.10 Å². The van der Waals surface area contributed by atoms with Crippen LogP contribution in [0.4, 0.5) is 0 Å². The zero-order chi connectivity index (χ0) is 15.0. The number of hydrogen-bond acceptors (Lipinski definition) is 4. The first kappa shape index (κ1) is 16.5. The first-order valence-electron chi connectivity index (χ1n) is 6.76. The van der Waals surface area contributed by atoms with Crippen molar-refractivity contribution >= 4 is 5.91 Å². The van der Waals surface area contributed by atoms with Crippen LogP contribution in [-0.4, -0.2) is 37.4 Å². The molecule has 2 N–H and O–H groups in total. The lowest BCUT2D eigenvalue weighted by Crippen LogP contribution is -2.37. The molecule has 1 rings (SSSR count). The molecule has 0 saturated heterocycles. The van der Waals surface area contributed by atoms with Crippen molar-refractivity contribution < 1.29 is 19.4 Å². The number of carbonyl (C=O) groups is 1. The Morgan fingerprint density at radius 1 is 1.40 bits per heavy atom. The van der Waals surface area contributed by atoms with Gasteiger partial charge in [-0.25, -0.2) is 0 Å². The number of nitrogens with one attached hydrogen (secondary N) is 1. The van der Waals surface area contributed by atoms with E-state index in [1.54, 1.807) is 39.2 Å². The lowest BCUT2D eigenvalue weighted by Gasteiger charge is -2.15. The summed E-state index contributed by atoms with van der Waals surface area (Å²) in [4.78, 5) is 11.8. The number of aliphatic hydroxyl groups is 1. The molecular formula is C15H23NO4. The predicted octanol–water partition coefficient (Wildman–Crippen LogP) is 1.66. The number of rotatable bonds is 8. The first-order chi connectivity index (χ1) is 9.54. The molecular weight excluding hydrogens is 258 g/mol. The zero-order valence-corrected chi connectivity index (χ0v) is 12.3. The monoisotopic (exact) mass is 281 g/mol. The third-order valence-corrected chi connectivity index (χ3v) is 2.85. The van der Waals surface area contributed by atoms with Crippen LogP contribution in [0.3, 0.4) is 0 Å². The Hall–Kier alpha value is -1.59. The topological polar surface area (TPSA) is 67.8 Å². The Labute approximate surface area is 119 Å². The third-order valence-electron chi connectivity index (χ3n) is 2.85. The first-order valence-corrected chi connectivity index (χ1v) is 6.76. The van der Waals surface area contributed by atoms with E-state index in [9.17, 15) is 9.90 Å². The summed E-state index contributed by atoms with van der Waals surface area (Å²) in [5.41, 5.74) is 0.759. The number of ether oxygens (including phenoxy) is 2. The predicted molar refractivity (Wildman–Crippen MR) is 76.7 cm³/mol. The number of aliphatic hydroxyl groups excluding tert-OH is 1. The van der Waals surface area contributed by atoms with Gasteiger partial charge in [-0.15, -0.1) is 0 Å². The van der Waals surface area contributed by atoms with Crippen LogP contribution in [0.25, 0.3) is 0 Å². The highest BCUT2D eigenvalue weighted by molar-refractivity contribution is 5.80. The summed E-state index contributed by atoms with van der Waals surface area (Å²) in [5, 5.41) is 12.3. The van der Waals surface area contributed by atoms with Crippen LogP contribution in [0.15, 0.2) is 24.3 Å². The summed E-state index contributed by atoms with van der Waals surface area (Å²) in [7, 11) is 1.63. The number of hydrogen-bond donors (Lipinski definition) is 2. The van der Waals surface area contributed by atoms with Gasteiger partial charge in [-0.05, 0) is 38.0 Å². The van der Waals surface area contributed by atoms with E-state index in [-0.39, 0.29) is 5.91 Å². The molecule has 0 aromatic heterocycles. The molecule has 0 heterocycles. The van der Waals surface area contributed by atoms with Gasteiger partial charge in [0.25, 0.3) is 5.91 Å². The van der Waals surface area contributed by atoms with E-state index in [0.717, 1.165) is 12.0 Å². The van der Waals surface area contributed by atoms with E-state index in [2.05, 4.69) is 5.32 Å². The van der Waals surface area contributed by atoms with Crippen LogP contribution in [0, 0.1) is 0 Å². The molecule has 0 aliphatic heterocycles. The van der Waals surface area contributed by atoms with Crippen LogP contribution >= 0.6 is 0 Å². The average Bonchev–Trinajstić information content (AvgIpc) is 2.43. The van der Waals surface area contributed by atoms with Crippen LogP contribution in [0.2, 0.25) is 0 Å². The minimum absolute atomic E-state index is 0.163. The Kier molecular flexibility index (Phi) is 7.04. The van der Waals surface area contributed by atoms with Crippen molar-refractivity contribution in [3.8, 4) is 5.75 Å². The van der Waals surface area contributed by atoms with Gasteiger partial charge in [0, 0.05) is 20.3 Å². The van der Waals surface area contributed by atoms with Gasteiger partial charge in [0.05, 0.1) is 6.10 Å². The normalized spacial score (nSPS) is 13.6. The number of amides is 1. The largest absolute Gasteiger partial charge is 0.481 e. The van der Waals surface area contributed by atoms with Crippen molar-refractivity contribution in [3.63, 3.8) is 0 Å². The Balaban J connectivity index is 2.46. The van der Waals surface area contributed by atoms with Crippen LogP contribution < -0.4 is 10.1 Å². The Morgan fingerprint density at radius 3 is 2.80 bits per heavy atom. The van der Waals surface area contributed by atoms with E-state index in [1.807, 2.05) is 6.07 Å². The van der Waals surface area contributed by atoms with E-state index in [1.165, 1.54) is 0 Å². The molecule has 1 aromatic rings. The molecule has 1 amide bonds. The molecule has 0 aliphatic rings. The summed E-state index contributed by atoms with van der Waals surface area (Å²) in [5.74, 6) is 0.409. The van der Waals surface area contributed by atoms with E-state index in [4.69, 9.17) is 9.47 Å². The number of methoxy groups -OCH3 is 1. The fourth-order valence-electron chi connectivity index (χ4n) is 1.68. The summed E-state index contributed by atoms with van der Waals surface area (Å²) >= 11 is 0. The molecule has 0 radical (unpaired) electrons. The molecule has 5 nitrogen and oxygen atoms in total. The van der Waals surface area contributed by atoms with E-state index >= 15 is 0 Å². The van der Waals surface area contributed by atoms with Gasteiger partial charge in [-0.1, -0.05) is 12.1 Å². The highest BCUT2D eigenvalue weighted by Gasteiger charge is 2.14. The lowest BCUT2D eigenvalue weighted by molar-refractivity contribution is -0.127. The molecule has 112 valence electrons. The van der Waals surface area contributed by atoms with Gasteiger partial charge < -0.3 is 19.9 Å². The van der Waals surface area contributed by atoms with E-state index in [0.29, 0.717) is 18.9 Å². The Morgan fingerprint density at radius 2 is 2.15 bits per heavy atom. The maximum Gasteiger partial charge on any atom is 0.260 e. The third kappa shape index (κ3) is 5.59. The van der Waals surface area contributed by atoms with Crippen molar-refractivity contribution in [1.29, 1.82) is 0 Å². The fraction of sp³-hybridized carbons (Fsp3) is 0.533. The van der Waals surface area contributed by atoms with Crippen molar-refractivity contribution in [2.75, 3.05) is 20.3 Å². The minimum Gasteiger partial charge on any atom is -0.481 e.